The van der Waals surface area contributed by atoms with E-state index in [-0.39, 0.29) is 0 Å². The molecule has 0 saturated carbocycles. The highest BCUT2D eigenvalue weighted by molar-refractivity contribution is 6.76. The molecule has 1 aliphatic rings. The maximum atomic E-state index is 5.29. The van der Waals surface area contributed by atoms with E-state index in [0.717, 1.165) is 6.54 Å². The van der Waals surface area contributed by atoms with Gasteiger partial charge in [-0.2, -0.15) is 0 Å². The lowest BCUT2D eigenvalue weighted by Gasteiger charge is -2.27. The predicted molar refractivity (Wildman–Crippen MR) is 54.6 cm³/mol. The molecule has 13 heavy (non-hydrogen) atoms. The van der Waals surface area contributed by atoms with Crippen molar-refractivity contribution in [3.63, 3.8) is 0 Å². The van der Waals surface area contributed by atoms with Crippen LogP contribution in [0, 0.1) is 0 Å². The van der Waals surface area contributed by atoms with Gasteiger partial charge in [-0.15, -0.1) is 13.2 Å². The summed E-state index contributed by atoms with van der Waals surface area (Å²) in [5.74, 6) is 3.15. The smallest absolute Gasteiger partial charge is 0.445 e. The molecule has 1 N–H and O–H groups in total. The van der Waals surface area contributed by atoms with Gasteiger partial charge in [-0.05, 0) is 6.54 Å². The number of nitrogens with one attached hydrogen (secondary N) is 1. The van der Waals surface area contributed by atoms with Crippen molar-refractivity contribution in [2.45, 2.75) is 6.92 Å². The van der Waals surface area contributed by atoms with E-state index in [2.05, 4.69) is 18.4 Å². The first kappa shape index (κ1) is 10.6. The highest BCUT2D eigenvalue weighted by Gasteiger charge is 2.37. The predicted octanol–water partition coefficient (Wildman–Crippen LogP) is 0.0710. The number of rotatable bonds is 4. The van der Waals surface area contributed by atoms with E-state index in [1.54, 1.807) is 12.0 Å². The third-order valence-corrected chi connectivity index (χ3v) is 1.54. The lowest BCUT2D eigenvalue weighted by Crippen LogP contribution is -2.54. The third kappa shape index (κ3) is 3.04. The monoisotopic (exact) mass is 179 g/mol. The average molecular weight is 179 g/mol. The Bertz CT molecular complexity index is 176. The van der Waals surface area contributed by atoms with Crippen molar-refractivity contribution in [1.82, 2.24) is 5.23 Å². The Morgan fingerprint density at radius 1 is 1.15 bits per heavy atom. The second kappa shape index (κ2) is 5.29. The fourth-order valence-corrected chi connectivity index (χ4v) is 0.957. The van der Waals surface area contributed by atoms with Crippen LogP contribution in [0.3, 0.4) is 0 Å². The molecule has 1 saturated heterocycles. The van der Waals surface area contributed by atoms with Crippen molar-refractivity contribution in [3.05, 3.63) is 25.1 Å². The van der Waals surface area contributed by atoms with Crippen LogP contribution in [-0.4, -0.2) is 28.0 Å². The van der Waals surface area contributed by atoms with E-state index in [0.29, 0.717) is 0 Å². The first-order valence-electron chi connectivity index (χ1n) is 4.25. The Morgan fingerprint density at radius 2 is 1.69 bits per heavy atom. The maximum Gasteiger partial charge on any atom is 0.527 e. The summed E-state index contributed by atoms with van der Waals surface area (Å²) in [6.45, 7) is 9.89. The Hall–Kier alpha value is -0.485. The van der Waals surface area contributed by atoms with Crippen LogP contribution in [0.1, 0.15) is 6.92 Å². The summed E-state index contributed by atoms with van der Waals surface area (Å²) in [7, 11) is -1.34. The minimum Gasteiger partial charge on any atom is -0.445 e. The Kier molecular flexibility index (Phi) is 4.31. The van der Waals surface area contributed by atoms with Crippen molar-refractivity contribution >= 4 is 21.5 Å². The zero-order valence-electron chi connectivity index (χ0n) is 7.73. The largest absolute Gasteiger partial charge is 0.527 e. The SMILES string of the molecule is C=CB1OB(C=C)OB(NCC)O1. The van der Waals surface area contributed by atoms with Crippen molar-refractivity contribution in [3.8, 4) is 0 Å². The maximum absolute atomic E-state index is 5.29. The van der Waals surface area contributed by atoms with Gasteiger partial charge < -0.3 is 18.9 Å². The second-order valence-electron chi connectivity index (χ2n) is 2.51. The topological polar surface area (TPSA) is 39.7 Å². The highest BCUT2D eigenvalue weighted by Crippen LogP contribution is 2.07. The number of hydrogen-bond acceptors (Lipinski definition) is 4. The van der Waals surface area contributed by atoms with Crippen LogP contribution < -0.4 is 5.23 Å². The quantitative estimate of drug-likeness (QED) is 0.619. The molecule has 0 spiro atoms. The van der Waals surface area contributed by atoms with Crippen LogP contribution >= 0.6 is 0 Å². The molecule has 7 heteroatoms. The molecule has 0 aromatic carbocycles. The van der Waals surface area contributed by atoms with Crippen molar-refractivity contribution in [1.29, 1.82) is 0 Å². The number of hydrogen-bond donors (Lipinski definition) is 1. The van der Waals surface area contributed by atoms with Crippen LogP contribution in [0.4, 0.5) is 0 Å². The van der Waals surface area contributed by atoms with Gasteiger partial charge in [0.15, 0.2) is 0 Å². The first-order valence-corrected chi connectivity index (χ1v) is 4.25. The van der Waals surface area contributed by atoms with E-state index in [9.17, 15) is 0 Å². The summed E-state index contributed by atoms with van der Waals surface area (Å²) in [5.41, 5.74) is 0. The molecular weight excluding hydrogens is 167 g/mol. The fourth-order valence-electron chi connectivity index (χ4n) is 0.957. The summed E-state index contributed by atoms with van der Waals surface area (Å²) in [5, 5.41) is 2.99. The molecule has 0 aromatic heterocycles. The van der Waals surface area contributed by atoms with Crippen LogP contribution in [0.2, 0.25) is 0 Å². The minimum absolute atomic E-state index is 0.444. The molecule has 0 unspecified atom stereocenters. The molecule has 1 rings (SSSR count). The van der Waals surface area contributed by atoms with E-state index in [1.165, 1.54) is 0 Å². The average Bonchev–Trinajstić information content (AvgIpc) is 2.17. The van der Waals surface area contributed by atoms with Crippen LogP contribution in [-0.2, 0) is 13.7 Å². The molecule has 0 aromatic rings. The zero-order valence-corrected chi connectivity index (χ0v) is 7.73. The molecule has 4 nitrogen and oxygen atoms in total. The Morgan fingerprint density at radius 3 is 2.08 bits per heavy atom. The standard InChI is InChI=1S/C6H12B3NO3/c1-4-7-11-8(5-2)13-9(12-7)10-6-3/h4-5,10H,1-2,6H2,3H3. The summed E-state index contributed by atoms with van der Waals surface area (Å²) < 4.78 is 15.8. The van der Waals surface area contributed by atoms with Gasteiger partial charge in [-0.25, -0.2) is 0 Å². The molecule has 0 aliphatic carbocycles. The van der Waals surface area contributed by atoms with Crippen molar-refractivity contribution in [2.24, 2.45) is 0 Å². The van der Waals surface area contributed by atoms with Gasteiger partial charge in [-0.3, -0.25) is 0 Å². The van der Waals surface area contributed by atoms with Gasteiger partial charge in [0.1, 0.15) is 0 Å². The molecule has 0 radical (unpaired) electrons. The van der Waals surface area contributed by atoms with Gasteiger partial charge in [0, 0.05) is 0 Å². The molecule has 1 aliphatic heterocycles. The van der Waals surface area contributed by atoms with Crippen molar-refractivity contribution < 1.29 is 13.7 Å². The van der Waals surface area contributed by atoms with Crippen LogP contribution in [0.15, 0.2) is 25.1 Å². The fraction of sp³-hybridized carbons (Fsp3) is 0.333. The minimum atomic E-state index is -0.454. The van der Waals surface area contributed by atoms with E-state index >= 15 is 0 Å². The molecule has 1 heterocycles. The molecule has 0 atom stereocenters. The lowest BCUT2D eigenvalue weighted by molar-refractivity contribution is 0.287. The van der Waals surface area contributed by atoms with E-state index < -0.39 is 21.5 Å². The summed E-state index contributed by atoms with van der Waals surface area (Å²) in [4.78, 5) is 0. The summed E-state index contributed by atoms with van der Waals surface area (Å²) in [6, 6.07) is 0. The van der Waals surface area contributed by atoms with Crippen LogP contribution in [0.5, 0.6) is 0 Å². The van der Waals surface area contributed by atoms with Gasteiger partial charge in [0.05, 0.1) is 0 Å². The molecule has 0 bridgehead atoms. The highest BCUT2D eigenvalue weighted by atomic mass is 16.7. The summed E-state index contributed by atoms with van der Waals surface area (Å²) in [6.07, 6.45) is 0. The normalized spacial score (nSPS) is 17.5. The molecule has 0 amide bonds. The second-order valence-corrected chi connectivity index (χ2v) is 2.51. The third-order valence-electron chi connectivity index (χ3n) is 1.54. The Balaban J connectivity index is 2.48. The zero-order chi connectivity index (χ0) is 9.68. The van der Waals surface area contributed by atoms with Gasteiger partial charge >= 0.3 is 21.5 Å². The first-order chi connectivity index (χ1) is 6.30. The molecule has 1 fully saturated rings. The van der Waals surface area contributed by atoms with E-state index in [1.807, 2.05) is 6.92 Å². The van der Waals surface area contributed by atoms with Gasteiger partial charge in [-0.1, -0.05) is 18.9 Å². The molecule has 68 valence electrons. The Labute approximate surface area is 79.8 Å². The van der Waals surface area contributed by atoms with Gasteiger partial charge in [0.25, 0.3) is 0 Å². The van der Waals surface area contributed by atoms with Crippen LogP contribution in [0.25, 0.3) is 0 Å². The van der Waals surface area contributed by atoms with E-state index in [4.69, 9.17) is 13.7 Å². The van der Waals surface area contributed by atoms with Crippen molar-refractivity contribution in [2.75, 3.05) is 6.54 Å². The van der Waals surface area contributed by atoms with Gasteiger partial charge in [0.2, 0.25) is 0 Å². The lowest BCUT2D eigenvalue weighted by atomic mass is 9.74. The summed E-state index contributed by atoms with van der Waals surface area (Å²) >= 11 is 0. The molecular formula is C6H12B3NO3.